The number of phenolic OH excluding ortho intramolecular Hbond substituents is 2. The van der Waals surface area contributed by atoms with Crippen LogP contribution in [-0.4, -0.2) is 25.1 Å². The van der Waals surface area contributed by atoms with Gasteiger partial charge in [-0.2, -0.15) is 5.26 Å². The minimum atomic E-state index is -0.175. The number of nitriles is 1. The van der Waals surface area contributed by atoms with Crippen LogP contribution in [0.5, 0.6) is 11.5 Å². The molecule has 114 valence electrons. The number of benzene rings is 2. The van der Waals surface area contributed by atoms with Crippen molar-refractivity contribution in [1.29, 1.82) is 5.26 Å². The Balaban J connectivity index is 1.95. The van der Waals surface area contributed by atoms with Crippen LogP contribution in [0.2, 0.25) is 0 Å². The zero-order valence-corrected chi connectivity index (χ0v) is 12.0. The molecule has 2 N–H and O–H groups in total. The molecule has 0 spiro atoms. The van der Waals surface area contributed by atoms with Gasteiger partial charge in [-0.1, -0.05) is 6.07 Å². The number of rotatable bonds is 4. The molecule has 0 aliphatic heterocycles. The van der Waals surface area contributed by atoms with E-state index in [2.05, 4.69) is 16.3 Å². The molecule has 0 aliphatic rings. The van der Waals surface area contributed by atoms with Crippen molar-refractivity contribution in [3.8, 4) is 17.6 Å². The van der Waals surface area contributed by atoms with Crippen LogP contribution in [0.1, 0.15) is 11.1 Å². The molecule has 1 heterocycles. The van der Waals surface area contributed by atoms with Gasteiger partial charge in [0, 0.05) is 0 Å². The number of anilines is 1. The molecule has 7 nitrogen and oxygen atoms in total. The van der Waals surface area contributed by atoms with Gasteiger partial charge < -0.3 is 10.2 Å². The van der Waals surface area contributed by atoms with Crippen molar-refractivity contribution in [3.63, 3.8) is 0 Å². The van der Waals surface area contributed by atoms with Gasteiger partial charge in [-0.15, -0.1) is 10.2 Å². The third-order valence-corrected chi connectivity index (χ3v) is 3.35. The van der Waals surface area contributed by atoms with E-state index in [-0.39, 0.29) is 11.5 Å². The average molecular weight is 307 g/mol. The normalized spacial score (nSPS) is 10.2. The maximum Gasteiger partial charge on any atom is 0.157 e. The van der Waals surface area contributed by atoms with Gasteiger partial charge in [0.25, 0.3) is 0 Å². The van der Waals surface area contributed by atoms with E-state index in [1.807, 2.05) is 17.1 Å². The topological polar surface area (TPSA) is 98.2 Å². The van der Waals surface area contributed by atoms with Crippen LogP contribution in [-0.2, 0) is 6.54 Å². The molecule has 0 saturated carbocycles. The van der Waals surface area contributed by atoms with Gasteiger partial charge in [-0.25, -0.2) is 4.68 Å². The predicted octanol–water partition coefficient (Wildman–Crippen LogP) is 2.03. The summed E-state index contributed by atoms with van der Waals surface area (Å²) in [5, 5.41) is 37.4. The number of hydrogen-bond acceptors (Lipinski definition) is 6. The van der Waals surface area contributed by atoms with Gasteiger partial charge >= 0.3 is 0 Å². The van der Waals surface area contributed by atoms with Crippen LogP contribution in [0, 0.1) is 11.3 Å². The van der Waals surface area contributed by atoms with Crippen molar-refractivity contribution in [1.82, 2.24) is 14.9 Å². The summed E-state index contributed by atoms with van der Waals surface area (Å²) in [6.07, 6.45) is 3.11. The minimum absolute atomic E-state index is 0.164. The van der Waals surface area contributed by atoms with Gasteiger partial charge in [0.15, 0.2) is 11.5 Å². The number of nitrogens with zero attached hydrogens (tertiary/aromatic N) is 5. The van der Waals surface area contributed by atoms with Gasteiger partial charge in [-0.05, 0) is 42.0 Å². The van der Waals surface area contributed by atoms with E-state index >= 15 is 0 Å². The molecule has 0 atom stereocenters. The monoisotopic (exact) mass is 307 g/mol. The van der Waals surface area contributed by atoms with Gasteiger partial charge in [0.1, 0.15) is 12.7 Å². The third kappa shape index (κ3) is 3.06. The Bertz CT molecular complexity index is 838. The number of aromatic nitrogens is 3. The smallest absolute Gasteiger partial charge is 0.157 e. The molecular weight excluding hydrogens is 294 g/mol. The van der Waals surface area contributed by atoms with E-state index in [1.165, 1.54) is 12.1 Å². The van der Waals surface area contributed by atoms with Crippen molar-refractivity contribution in [3.05, 3.63) is 66.2 Å². The molecule has 0 aliphatic carbocycles. The molecule has 3 rings (SSSR count). The van der Waals surface area contributed by atoms with Crippen LogP contribution in [0.25, 0.3) is 0 Å². The largest absolute Gasteiger partial charge is 0.504 e. The van der Waals surface area contributed by atoms with E-state index in [4.69, 9.17) is 5.26 Å². The maximum atomic E-state index is 9.65. The first-order chi connectivity index (χ1) is 11.2. The Labute approximate surface area is 132 Å². The second-order valence-electron chi connectivity index (χ2n) is 4.88. The molecule has 0 bridgehead atoms. The minimum Gasteiger partial charge on any atom is -0.504 e. The highest BCUT2D eigenvalue weighted by molar-refractivity contribution is 5.50. The van der Waals surface area contributed by atoms with E-state index < -0.39 is 0 Å². The van der Waals surface area contributed by atoms with Gasteiger partial charge in [-0.3, -0.25) is 5.01 Å². The number of phenols is 2. The lowest BCUT2D eigenvalue weighted by molar-refractivity contribution is 0.403. The first kappa shape index (κ1) is 14.4. The highest BCUT2D eigenvalue weighted by Gasteiger charge is 2.11. The summed E-state index contributed by atoms with van der Waals surface area (Å²) in [5.41, 5.74) is 2.19. The molecule has 3 aromatic rings. The Hall–Kier alpha value is -3.53. The molecular formula is C16H13N5O2. The van der Waals surface area contributed by atoms with Crippen LogP contribution in [0.4, 0.5) is 5.69 Å². The fourth-order valence-corrected chi connectivity index (χ4v) is 2.17. The van der Waals surface area contributed by atoms with Crippen molar-refractivity contribution in [2.75, 3.05) is 5.01 Å². The summed E-state index contributed by atoms with van der Waals surface area (Å²) in [6.45, 7) is 0.414. The zero-order chi connectivity index (χ0) is 16.2. The lowest BCUT2D eigenvalue weighted by atomic mass is 10.1. The van der Waals surface area contributed by atoms with E-state index in [1.54, 1.807) is 35.5 Å². The first-order valence-electron chi connectivity index (χ1n) is 6.81. The second kappa shape index (κ2) is 6.07. The first-order valence-corrected chi connectivity index (χ1v) is 6.81. The predicted molar refractivity (Wildman–Crippen MR) is 82.5 cm³/mol. The lowest BCUT2D eigenvalue weighted by Gasteiger charge is -2.25. The molecule has 0 fully saturated rings. The van der Waals surface area contributed by atoms with Crippen LogP contribution in [0.3, 0.4) is 0 Å². The average Bonchev–Trinajstić information content (AvgIpc) is 3.10. The summed E-state index contributed by atoms with van der Waals surface area (Å²) in [7, 11) is 0. The van der Waals surface area contributed by atoms with Crippen molar-refractivity contribution >= 4 is 5.69 Å². The molecule has 0 unspecified atom stereocenters. The third-order valence-electron chi connectivity index (χ3n) is 3.35. The standard InChI is InChI=1S/C16H13N5O2/c17-8-12-1-4-14(5-2-12)21(20-10-18-19-11-20)9-13-3-6-15(22)16(23)7-13/h1-7,10-11,22-23H,9H2. The molecule has 1 aromatic heterocycles. The Morgan fingerprint density at radius 1 is 1.00 bits per heavy atom. The quantitative estimate of drug-likeness (QED) is 0.716. The number of aromatic hydroxyl groups is 2. The van der Waals surface area contributed by atoms with Gasteiger partial charge in [0.05, 0.1) is 23.9 Å². The van der Waals surface area contributed by atoms with Crippen LogP contribution >= 0.6 is 0 Å². The van der Waals surface area contributed by atoms with Crippen LogP contribution in [0.15, 0.2) is 55.1 Å². The molecule has 0 radical (unpaired) electrons. The number of hydrogen-bond donors (Lipinski definition) is 2. The second-order valence-corrected chi connectivity index (χ2v) is 4.88. The highest BCUT2D eigenvalue weighted by Crippen LogP contribution is 2.27. The zero-order valence-electron chi connectivity index (χ0n) is 12.0. The fraction of sp³-hybridized carbons (Fsp3) is 0.0625. The SMILES string of the molecule is N#Cc1ccc(N(Cc2ccc(O)c(O)c2)n2cnnc2)cc1. The molecule has 0 amide bonds. The molecule has 0 saturated heterocycles. The van der Waals surface area contributed by atoms with E-state index in [0.29, 0.717) is 12.1 Å². The van der Waals surface area contributed by atoms with Gasteiger partial charge in [0.2, 0.25) is 0 Å². The van der Waals surface area contributed by atoms with E-state index in [9.17, 15) is 10.2 Å². The van der Waals surface area contributed by atoms with Crippen molar-refractivity contribution < 1.29 is 10.2 Å². The Morgan fingerprint density at radius 2 is 1.70 bits per heavy atom. The maximum absolute atomic E-state index is 9.65. The molecule has 2 aromatic carbocycles. The molecule has 23 heavy (non-hydrogen) atoms. The highest BCUT2D eigenvalue weighted by atomic mass is 16.3. The Kier molecular flexibility index (Phi) is 3.80. The fourth-order valence-electron chi connectivity index (χ4n) is 2.17. The molecule has 7 heteroatoms. The summed E-state index contributed by atoms with van der Waals surface area (Å²) in [5.74, 6) is -0.339. The lowest BCUT2D eigenvalue weighted by Crippen LogP contribution is -2.27. The summed E-state index contributed by atoms with van der Waals surface area (Å²) >= 11 is 0. The van der Waals surface area contributed by atoms with E-state index in [0.717, 1.165) is 11.3 Å². The van der Waals surface area contributed by atoms with Crippen molar-refractivity contribution in [2.45, 2.75) is 6.54 Å². The summed E-state index contributed by atoms with van der Waals surface area (Å²) in [6, 6.07) is 13.8. The van der Waals surface area contributed by atoms with Crippen LogP contribution < -0.4 is 5.01 Å². The van der Waals surface area contributed by atoms with Crippen molar-refractivity contribution in [2.24, 2.45) is 0 Å². The summed E-state index contributed by atoms with van der Waals surface area (Å²) in [4.78, 5) is 0. The Morgan fingerprint density at radius 3 is 2.30 bits per heavy atom. The summed E-state index contributed by atoms with van der Waals surface area (Å²) < 4.78 is 1.70.